The summed E-state index contributed by atoms with van der Waals surface area (Å²) in [5.74, 6) is 1.22. The molecule has 0 heterocycles. The number of rotatable bonds is 7. The summed E-state index contributed by atoms with van der Waals surface area (Å²) in [6.07, 6.45) is 2.30. The Morgan fingerprint density at radius 1 is 1.50 bits per heavy atom. The Balaban J connectivity index is 1.79. The molecular formula is C13H17ClN2OS. The van der Waals surface area contributed by atoms with Crippen molar-refractivity contribution in [3.8, 4) is 0 Å². The third-order valence-corrected chi connectivity index (χ3v) is 4.31. The molecule has 0 aliphatic heterocycles. The molecule has 1 aromatic carbocycles. The van der Waals surface area contributed by atoms with Crippen LogP contribution in [0.5, 0.6) is 0 Å². The van der Waals surface area contributed by atoms with Gasteiger partial charge >= 0.3 is 0 Å². The van der Waals surface area contributed by atoms with Gasteiger partial charge in [-0.1, -0.05) is 29.8 Å². The van der Waals surface area contributed by atoms with Crippen LogP contribution in [0.25, 0.3) is 0 Å². The number of thioether (sulfide) groups is 1. The number of hydrogen-bond donors (Lipinski definition) is 2. The lowest BCUT2D eigenvalue weighted by Crippen LogP contribution is -2.44. The summed E-state index contributed by atoms with van der Waals surface area (Å²) >= 11 is 7.75. The summed E-state index contributed by atoms with van der Waals surface area (Å²) in [6.45, 7) is 0. The predicted octanol–water partition coefficient (Wildman–Crippen LogP) is 2.18. The van der Waals surface area contributed by atoms with Gasteiger partial charge in [0, 0.05) is 22.6 Å². The minimum absolute atomic E-state index is 0.231. The maximum atomic E-state index is 11.3. The molecule has 5 heteroatoms. The summed E-state index contributed by atoms with van der Waals surface area (Å²) in [7, 11) is 0. The molecule has 1 fully saturated rings. The van der Waals surface area contributed by atoms with E-state index in [2.05, 4.69) is 5.32 Å². The normalized spacial score (nSPS) is 16.5. The van der Waals surface area contributed by atoms with Crippen LogP contribution in [0.2, 0.25) is 5.02 Å². The maximum Gasteiger partial charge on any atom is 0.235 e. The molecule has 1 unspecified atom stereocenters. The molecule has 0 saturated heterocycles. The largest absolute Gasteiger partial charge is 0.368 e. The van der Waals surface area contributed by atoms with Crippen molar-refractivity contribution in [3.05, 3.63) is 34.9 Å². The van der Waals surface area contributed by atoms with Crippen molar-refractivity contribution < 1.29 is 4.79 Å². The van der Waals surface area contributed by atoms with E-state index in [1.54, 1.807) is 11.8 Å². The quantitative estimate of drug-likeness (QED) is 0.807. The van der Waals surface area contributed by atoms with Gasteiger partial charge in [-0.15, -0.1) is 0 Å². The van der Waals surface area contributed by atoms with Crippen molar-refractivity contribution in [3.63, 3.8) is 0 Å². The lowest BCUT2D eigenvalue weighted by molar-refractivity contribution is -0.119. The Kier molecular flexibility index (Phi) is 4.92. The first-order chi connectivity index (χ1) is 8.66. The fourth-order valence-corrected chi connectivity index (χ4v) is 3.02. The zero-order chi connectivity index (χ0) is 13.0. The highest BCUT2D eigenvalue weighted by Gasteiger charge is 2.26. The summed E-state index contributed by atoms with van der Waals surface area (Å²) in [6, 6.07) is 8.02. The van der Waals surface area contributed by atoms with Crippen molar-refractivity contribution in [1.29, 1.82) is 0 Å². The highest BCUT2D eigenvalue weighted by Crippen LogP contribution is 2.23. The molecule has 3 N–H and O–H groups in total. The maximum absolute atomic E-state index is 11.3. The molecule has 1 atom stereocenters. The predicted molar refractivity (Wildman–Crippen MR) is 76.8 cm³/mol. The van der Waals surface area contributed by atoms with Crippen LogP contribution in [-0.2, 0) is 10.5 Å². The Hall–Kier alpha value is -0.710. The van der Waals surface area contributed by atoms with E-state index in [0.717, 1.165) is 29.2 Å². The number of hydrogen-bond acceptors (Lipinski definition) is 3. The van der Waals surface area contributed by atoms with Gasteiger partial charge in [-0.3, -0.25) is 4.79 Å². The molecule has 2 rings (SSSR count). The van der Waals surface area contributed by atoms with Crippen LogP contribution in [-0.4, -0.2) is 23.7 Å². The third-order valence-electron chi connectivity index (χ3n) is 2.86. The van der Waals surface area contributed by atoms with E-state index < -0.39 is 0 Å². The molecule has 1 aliphatic rings. The van der Waals surface area contributed by atoms with E-state index >= 15 is 0 Å². The van der Waals surface area contributed by atoms with Gasteiger partial charge in [-0.2, -0.15) is 11.8 Å². The third kappa shape index (κ3) is 4.19. The topological polar surface area (TPSA) is 55.1 Å². The number of halogens is 1. The molecule has 3 nitrogen and oxygen atoms in total. The van der Waals surface area contributed by atoms with Gasteiger partial charge in [0.05, 0.1) is 6.04 Å². The van der Waals surface area contributed by atoms with Crippen LogP contribution in [0.3, 0.4) is 0 Å². The lowest BCUT2D eigenvalue weighted by Gasteiger charge is -2.14. The van der Waals surface area contributed by atoms with Crippen molar-refractivity contribution in [2.24, 2.45) is 5.73 Å². The Labute approximate surface area is 116 Å². The highest BCUT2D eigenvalue weighted by atomic mass is 35.5. The first kappa shape index (κ1) is 13.7. The van der Waals surface area contributed by atoms with E-state index in [0.29, 0.717) is 11.8 Å². The lowest BCUT2D eigenvalue weighted by atomic mass is 10.2. The Morgan fingerprint density at radius 2 is 2.22 bits per heavy atom. The van der Waals surface area contributed by atoms with Crippen LogP contribution in [0.4, 0.5) is 0 Å². The van der Waals surface area contributed by atoms with Crippen molar-refractivity contribution in [2.75, 3.05) is 5.75 Å². The summed E-state index contributed by atoms with van der Waals surface area (Å²) < 4.78 is 0. The van der Waals surface area contributed by atoms with Crippen LogP contribution in [0, 0.1) is 0 Å². The minimum Gasteiger partial charge on any atom is -0.368 e. The first-order valence-electron chi connectivity index (χ1n) is 6.03. The molecule has 0 aromatic heterocycles. The molecular weight excluding hydrogens is 268 g/mol. The van der Waals surface area contributed by atoms with Crippen LogP contribution in [0.1, 0.15) is 18.4 Å². The Bertz CT molecular complexity index is 423. The Morgan fingerprint density at radius 3 is 2.83 bits per heavy atom. The molecule has 0 bridgehead atoms. The average molecular weight is 285 g/mol. The van der Waals surface area contributed by atoms with Gasteiger partial charge in [-0.05, 0) is 24.5 Å². The number of carbonyl (C=O) groups is 1. The van der Waals surface area contributed by atoms with Gasteiger partial charge in [-0.25, -0.2) is 0 Å². The van der Waals surface area contributed by atoms with Gasteiger partial charge in [0.25, 0.3) is 0 Å². The minimum atomic E-state index is -0.270. The molecule has 1 aromatic rings. The number of nitrogens with one attached hydrogen (secondary N) is 1. The van der Waals surface area contributed by atoms with E-state index in [-0.39, 0.29) is 11.9 Å². The van der Waals surface area contributed by atoms with Gasteiger partial charge in [0.15, 0.2) is 0 Å². The second-order valence-electron chi connectivity index (χ2n) is 4.50. The smallest absolute Gasteiger partial charge is 0.235 e. The average Bonchev–Trinajstić information content (AvgIpc) is 3.14. The van der Waals surface area contributed by atoms with Crippen LogP contribution >= 0.6 is 23.4 Å². The summed E-state index contributed by atoms with van der Waals surface area (Å²) in [4.78, 5) is 11.3. The molecule has 0 radical (unpaired) electrons. The van der Waals surface area contributed by atoms with Gasteiger partial charge in [0.2, 0.25) is 5.91 Å². The number of amides is 1. The monoisotopic (exact) mass is 284 g/mol. The second kappa shape index (κ2) is 6.45. The fraction of sp³-hybridized carbons (Fsp3) is 0.462. The SMILES string of the molecule is NC(=O)C(CSCc1ccccc1Cl)NC1CC1. The number of carbonyl (C=O) groups excluding carboxylic acids is 1. The zero-order valence-corrected chi connectivity index (χ0v) is 11.6. The van der Waals surface area contributed by atoms with Gasteiger partial charge < -0.3 is 11.1 Å². The standard InChI is InChI=1S/C13H17ClN2OS/c14-11-4-2-1-3-9(11)7-18-8-12(13(15)17)16-10-5-6-10/h1-4,10,12,16H,5-8H2,(H2,15,17). The summed E-state index contributed by atoms with van der Waals surface area (Å²) in [5, 5.41) is 4.04. The molecule has 0 spiro atoms. The summed E-state index contributed by atoms with van der Waals surface area (Å²) in [5.41, 5.74) is 6.48. The number of primary amides is 1. The van der Waals surface area contributed by atoms with Crippen molar-refractivity contribution >= 4 is 29.3 Å². The fourth-order valence-electron chi connectivity index (χ4n) is 1.65. The van der Waals surface area contributed by atoms with E-state index in [4.69, 9.17) is 17.3 Å². The number of benzene rings is 1. The van der Waals surface area contributed by atoms with Crippen LogP contribution in [0.15, 0.2) is 24.3 Å². The van der Waals surface area contributed by atoms with E-state index in [1.807, 2.05) is 24.3 Å². The molecule has 18 heavy (non-hydrogen) atoms. The highest BCUT2D eigenvalue weighted by molar-refractivity contribution is 7.98. The van der Waals surface area contributed by atoms with E-state index in [1.165, 1.54) is 0 Å². The van der Waals surface area contributed by atoms with Crippen molar-refractivity contribution in [1.82, 2.24) is 5.32 Å². The second-order valence-corrected chi connectivity index (χ2v) is 5.94. The molecule has 1 aliphatic carbocycles. The molecule has 1 saturated carbocycles. The zero-order valence-electron chi connectivity index (χ0n) is 10.1. The van der Waals surface area contributed by atoms with E-state index in [9.17, 15) is 4.79 Å². The van der Waals surface area contributed by atoms with Gasteiger partial charge in [0.1, 0.15) is 0 Å². The van der Waals surface area contributed by atoms with Crippen molar-refractivity contribution in [2.45, 2.75) is 30.7 Å². The first-order valence-corrected chi connectivity index (χ1v) is 7.56. The molecule has 98 valence electrons. The molecule has 1 amide bonds. The van der Waals surface area contributed by atoms with Crippen LogP contribution < -0.4 is 11.1 Å². The number of nitrogens with two attached hydrogens (primary N) is 1.